The minimum absolute atomic E-state index is 0.243. The molecule has 0 aliphatic heterocycles. The van der Waals surface area contributed by atoms with Crippen LogP contribution in [0.5, 0.6) is 11.5 Å². The standard InChI is InChI=1S/C26H26N4O5/c1-17-8-6-9-18(2)24(17)29-25(32)26(33)30-27-15-19-10-4-5-13-22(19)35-16-23(31)28-20-11-7-12-21(14-20)34-3/h4-15H,16H2,1-3H3,(H,28,31)(H,29,32)(H,30,33)/b27-15-. The van der Waals surface area contributed by atoms with Gasteiger partial charge in [-0.3, -0.25) is 14.4 Å². The van der Waals surface area contributed by atoms with Gasteiger partial charge in [-0.25, -0.2) is 5.43 Å². The van der Waals surface area contributed by atoms with Gasteiger partial charge in [-0.15, -0.1) is 0 Å². The van der Waals surface area contributed by atoms with Crippen LogP contribution in [0.15, 0.2) is 71.8 Å². The summed E-state index contributed by atoms with van der Waals surface area (Å²) in [6.07, 6.45) is 1.33. The van der Waals surface area contributed by atoms with Crippen molar-refractivity contribution in [3.8, 4) is 11.5 Å². The number of carbonyl (C=O) groups is 3. The number of methoxy groups -OCH3 is 1. The van der Waals surface area contributed by atoms with Crippen LogP contribution in [0.4, 0.5) is 11.4 Å². The van der Waals surface area contributed by atoms with Gasteiger partial charge in [0.2, 0.25) is 0 Å². The van der Waals surface area contributed by atoms with Gasteiger partial charge >= 0.3 is 11.8 Å². The van der Waals surface area contributed by atoms with Crippen molar-refractivity contribution in [2.45, 2.75) is 13.8 Å². The van der Waals surface area contributed by atoms with Gasteiger partial charge in [0.15, 0.2) is 6.61 Å². The molecule has 0 fully saturated rings. The van der Waals surface area contributed by atoms with Crippen molar-refractivity contribution >= 4 is 35.3 Å². The molecular weight excluding hydrogens is 448 g/mol. The molecule has 0 saturated carbocycles. The normalized spacial score (nSPS) is 10.5. The summed E-state index contributed by atoms with van der Waals surface area (Å²) < 4.78 is 10.8. The molecular formula is C26H26N4O5. The van der Waals surface area contributed by atoms with E-state index in [0.29, 0.717) is 28.4 Å². The molecule has 0 bridgehead atoms. The SMILES string of the molecule is COc1cccc(NC(=O)COc2ccccc2/C=N\NC(=O)C(=O)Nc2c(C)cccc2C)c1. The van der Waals surface area contributed by atoms with Crippen molar-refractivity contribution < 1.29 is 23.9 Å². The second kappa shape index (κ2) is 12.0. The largest absolute Gasteiger partial charge is 0.497 e. The molecule has 35 heavy (non-hydrogen) atoms. The lowest BCUT2D eigenvalue weighted by Gasteiger charge is -2.11. The average Bonchev–Trinajstić information content (AvgIpc) is 2.85. The Bertz CT molecular complexity index is 1240. The summed E-state index contributed by atoms with van der Waals surface area (Å²) in [6.45, 7) is 3.44. The Morgan fingerprint density at radius 2 is 1.60 bits per heavy atom. The first-order chi connectivity index (χ1) is 16.9. The Morgan fingerprint density at radius 1 is 0.886 bits per heavy atom. The number of nitrogens with zero attached hydrogens (tertiary/aromatic N) is 1. The number of ether oxygens (including phenoxy) is 2. The predicted octanol–water partition coefficient (Wildman–Crippen LogP) is 3.42. The molecule has 0 aliphatic carbocycles. The monoisotopic (exact) mass is 474 g/mol. The molecule has 0 heterocycles. The number of hydrazone groups is 1. The van der Waals surface area contributed by atoms with E-state index in [0.717, 1.165) is 11.1 Å². The van der Waals surface area contributed by atoms with Crippen molar-refractivity contribution in [3.05, 3.63) is 83.4 Å². The molecule has 0 aliphatic rings. The maximum absolute atomic E-state index is 12.3. The van der Waals surface area contributed by atoms with Crippen LogP contribution in [-0.2, 0) is 14.4 Å². The number of hydrogen-bond donors (Lipinski definition) is 3. The van der Waals surface area contributed by atoms with E-state index in [1.165, 1.54) is 6.21 Å². The summed E-state index contributed by atoms with van der Waals surface area (Å²) in [5.74, 6) is -1.11. The Labute approximate surface area is 203 Å². The number of benzene rings is 3. The molecule has 0 aromatic heterocycles. The summed E-state index contributed by atoms with van der Waals surface area (Å²) in [6, 6.07) is 19.4. The minimum Gasteiger partial charge on any atom is -0.497 e. The summed E-state index contributed by atoms with van der Waals surface area (Å²) in [5, 5.41) is 9.17. The average molecular weight is 475 g/mol. The molecule has 9 nitrogen and oxygen atoms in total. The smallest absolute Gasteiger partial charge is 0.329 e. The lowest BCUT2D eigenvalue weighted by Crippen LogP contribution is -2.32. The highest BCUT2D eigenvalue weighted by Gasteiger charge is 2.15. The number of nitrogens with one attached hydrogen (secondary N) is 3. The van der Waals surface area contributed by atoms with Crippen LogP contribution in [-0.4, -0.2) is 37.7 Å². The van der Waals surface area contributed by atoms with Crippen LogP contribution in [0, 0.1) is 13.8 Å². The van der Waals surface area contributed by atoms with Gasteiger partial charge in [0, 0.05) is 23.0 Å². The number of carbonyl (C=O) groups excluding carboxylic acids is 3. The van der Waals surface area contributed by atoms with Crippen molar-refractivity contribution in [1.29, 1.82) is 0 Å². The highest BCUT2D eigenvalue weighted by Crippen LogP contribution is 2.20. The predicted molar refractivity (Wildman–Crippen MR) is 134 cm³/mol. The zero-order valence-corrected chi connectivity index (χ0v) is 19.6. The Hall–Kier alpha value is -4.66. The summed E-state index contributed by atoms with van der Waals surface area (Å²) in [5.41, 5.74) is 5.56. The molecule has 3 aromatic carbocycles. The first kappa shape index (κ1) is 25.0. The number of amides is 3. The quantitative estimate of drug-likeness (QED) is 0.263. The maximum atomic E-state index is 12.3. The molecule has 0 saturated heterocycles. The minimum atomic E-state index is -0.917. The fraction of sp³-hybridized carbons (Fsp3) is 0.154. The van der Waals surface area contributed by atoms with Gasteiger partial charge in [-0.05, 0) is 49.2 Å². The second-order valence-corrected chi connectivity index (χ2v) is 7.53. The third kappa shape index (κ3) is 7.16. The first-order valence-electron chi connectivity index (χ1n) is 10.7. The molecule has 9 heteroatoms. The van der Waals surface area contributed by atoms with E-state index in [-0.39, 0.29) is 12.5 Å². The van der Waals surface area contributed by atoms with E-state index >= 15 is 0 Å². The summed E-state index contributed by atoms with van der Waals surface area (Å²) >= 11 is 0. The van der Waals surface area contributed by atoms with Crippen LogP contribution in [0.3, 0.4) is 0 Å². The summed E-state index contributed by atoms with van der Waals surface area (Å²) in [7, 11) is 1.54. The zero-order valence-electron chi connectivity index (χ0n) is 19.6. The van der Waals surface area contributed by atoms with E-state index in [9.17, 15) is 14.4 Å². The lowest BCUT2D eigenvalue weighted by molar-refractivity contribution is -0.136. The van der Waals surface area contributed by atoms with Crippen molar-refractivity contribution in [1.82, 2.24) is 5.43 Å². The number of aryl methyl sites for hydroxylation is 2. The van der Waals surface area contributed by atoms with Crippen LogP contribution < -0.4 is 25.5 Å². The van der Waals surface area contributed by atoms with Gasteiger partial charge in [-0.1, -0.05) is 36.4 Å². The van der Waals surface area contributed by atoms with E-state index < -0.39 is 11.8 Å². The molecule has 3 amide bonds. The Kier molecular flexibility index (Phi) is 8.55. The molecule has 0 radical (unpaired) electrons. The van der Waals surface area contributed by atoms with Crippen molar-refractivity contribution in [3.63, 3.8) is 0 Å². The number of hydrogen-bond acceptors (Lipinski definition) is 6. The number of anilines is 2. The van der Waals surface area contributed by atoms with Crippen LogP contribution in [0.2, 0.25) is 0 Å². The number of rotatable bonds is 8. The molecule has 0 atom stereocenters. The lowest BCUT2D eigenvalue weighted by atomic mass is 10.1. The highest BCUT2D eigenvalue weighted by molar-refractivity contribution is 6.39. The van der Waals surface area contributed by atoms with Crippen LogP contribution in [0.25, 0.3) is 0 Å². The van der Waals surface area contributed by atoms with E-state index in [2.05, 4.69) is 21.2 Å². The van der Waals surface area contributed by atoms with Gasteiger partial charge in [0.25, 0.3) is 5.91 Å². The highest BCUT2D eigenvalue weighted by atomic mass is 16.5. The zero-order chi connectivity index (χ0) is 25.2. The molecule has 180 valence electrons. The first-order valence-corrected chi connectivity index (χ1v) is 10.7. The third-order valence-corrected chi connectivity index (χ3v) is 4.93. The third-order valence-electron chi connectivity index (χ3n) is 4.93. The molecule has 0 unspecified atom stereocenters. The van der Waals surface area contributed by atoms with Crippen molar-refractivity contribution in [2.24, 2.45) is 5.10 Å². The topological polar surface area (TPSA) is 118 Å². The van der Waals surface area contributed by atoms with Crippen molar-refractivity contribution in [2.75, 3.05) is 24.4 Å². The number of para-hydroxylation sites is 2. The molecule has 3 aromatic rings. The molecule has 3 rings (SSSR count). The van der Waals surface area contributed by atoms with E-state index in [1.807, 2.05) is 32.0 Å². The van der Waals surface area contributed by atoms with Crippen LogP contribution >= 0.6 is 0 Å². The summed E-state index contributed by atoms with van der Waals surface area (Å²) in [4.78, 5) is 36.6. The Balaban J connectivity index is 1.55. The molecule has 0 spiro atoms. The van der Waals surface area contributed by atoms with Gasteiger partial charge in [-0.2, -0.15) is 5.10 Å². The second-order valence-electron chi connectivity index (χ2n) is 7.53. The maximum Gasteiger partial charge on any atom is 0.329 e. The van der Waals surface area contributed by atoms with Gasteiger partial charge < -0.3 is 20.1 Å². The fourth-order valence-electron chi connectivity index (χ4n) is 3.15. The van der Waals surface area contributed by atoms with Gasteiger partial charge in [0.1, 0.15) is 11.5 Å². The fourth-order valence-corrected chi connectivity index (χ4v) is 3.15. The Morgan fingerprint density at radius 3 is 2.34 bits per heavy atom. The van der Waals surface area contributed by atoms with E-state index in [4.69, 9.17) is 9.47 Å². The van der Waals surface area contributed by atoms with Gasteiger partial charge in [0.05, 0.1) is 13.3 Å². The van der Waals surface area contributed by atoms with E-state index in [1.54, 1.807) is 55.6 Å². The van der Waals surface area contributed by atoms with Crippen LogP contribution in [0.1, 0.15) is 16.7 Å². The molecule has 3 N–H and O–H groups in total.